The molecule has 0 N–H and O–H groups in total. The van der Waals surface area contributed by atoms with Crippen LogP contribution in [0.4, 0.5) is 5.69 Å². The molecule has 1 saturated heterocycles. The van der Waals surface area contributed by atoms with Gasteiger partial charge in [0.05, 0.1) is 4.92 Å². The summed E-state index contributed by atoms with van der Waals surface area (Å²) in [5.74, 6) is 0.305. The lowest BCUT2D eigenvalue weighted by Crippen LogP contribution is -2.35. The van der Waals surface area contributed by atoms with Crippen LogP contribution in [0.3, 0.4) is 0 Å². The van der Waals surface area contributed by atoms with Gasteiger partial charge < -0.3 is 9.64 Å². The summed E-state index contributed by atoms with van der Waals surface area (Å²) >= 11 is 5.76. The van der Waals surface area contributed by atoms with Crippen molar-refractivity contribution in [2.45, 2.75) is 18.9 Å². The van der Waals surface area contributed by atoms with Crippen molar-refractivity contribution in [3.05, 3.63) is 33.3 Å². The van der Waals surface area contributed by atoms with Crippen molar-refractivity contribution in [2.75, 3.05) is 20.1 Å². The highest BCUT2D eigenvalue weighted by molar-refractivity contribution is 6.30. The molecule has 0 radical (unpaired) electrons. The number of nitro benzene ring substituents is 1. The fraction of sp³-hybridized carbons (Fsp3) is 0.500. The summed E-state index contributed by atoms with van der Waals surface area (Å²) < 4.78 is 5.72. The zero-order valence-corrected chi connectivity index (χ0v) is 10.9. The van der Waals surface area contributed by atoms with E-state index >= 15 is 0 Å². The second-order valence-electron chi connectivity index (χ2n) is 4.49. The first-order valence-electron chi connectivity index (χ1n) is 5.85. The number of hydrogen-bond acceptors (Lipinski definition) is 4. The zero-order valence-electron chi connectivity index (χ0n) is 10.1. The number of nitro groups is 1. The van der Waals surface area contributed by atoms with E-state index in [-0.39, 0.29) is 11.8 Å². The molecule has 0 saturated carbocycles. The van der Waals surface area contributed by atoms with E-state index in [9.17, 15) is 10.1 Å². The highest BCUT2D eigenvalue weighted by Gasteiger charge is 2.22. The van der Waals surface area contributed by atoms with E-state index in [1.54, 1.807) is 12.1 Å². The van der Waals surface area contributed by atoms with Gasteiger partial charge >= 0.3 is 5.69 Å². The summed E-state index contributed by atoms with van der Waals surface area (Å²) in [4.78, 5) is 12.7. The summed E-state index contributed by atoms with van der Waals surface area (Å²) in [6, 6.07) is 4.50. The number of likely N-dealkylation sites (tertiary alicyclic amines) is 1. The van der Waals surface area contributed by atoms with Crippen LogP contribution in [-0.2, 0) is 0 Å². The summed E-state index contributed by atoms with van der Waals surface area (Å²) in [5, 5.41) is 11.3. The van der Waals surface area contributed by atoms with Crippen LogP contribution in [0.1, 0.15) is 12.8 Å². The van der Waals surface area contributed by atoms with Crippen LogP contribution >= 0.6 is 11.6 Å². The molecule has 0 spiro atoms. The standard InChI is InChI=1S/C12H15ClN2O3/c1-14-6-4-10(5-7-14)18-12-3-2-9(13)8-11(12)15(16)17/h2-3,8,10H,4-7H2,1H3. The normalized spacial score (nSPS) is 17.7. The number of hydrogen-bond donors (Lipinski definition) is 0. The lowest BCUT2D eigenvalue weighted by atomic mass is 10.1. The van der Waals surface area contributed by atoms with Crippen LogP contribution in [0.5, 0.6) is 5.75 Å². The molecule has 18 heavy (non-hydrogen) atoms. The minimum atomic E-state index is -0.462. The SMILES string of the molecule is CN1CCC(Oc2ccc(Cl)cc2[N+](=O)[O-])CC1. The average Bonchev–Trinajstić information content (AvgIpc) is 2.34. The fourth-order valence-electron chi connectivity index (χ4n) is 2.02. The molecule has 1 aliphatic rings. The topological polar surface area (TPSA) is 55.6 Å². The van der Waals surface area contributed by atoms with Crippen molar-refractivity contribution in [1.82, 2.24) is 4.90 Å². The minimum absolute atomic E-state index is 0.0427. The van der Waals surface area contributed by atoms with Gasteiger partial charge in [-0.1, -0.05) is 11.6 Å². The zero-order chi connectivity index (χ0) is 13.1. The molecule has 2 rings (SSSR count). The van der Waals surface area contributed by atoms with Crippen LogP contribution in [0.25, 0.3) is 0 Å². The van der Waals surface area contributed by atoms with Gasteiger partial charge in [0.1, 0.15) is 6.10 Å². The third-order valence-corrected chi connectivity index (χ3v) is 3.31. The van der Waals surface area contributed by atoms with Gasteiger partial charge in [-0.25, -0.2) is 0 Å². The lowest BCUT2D eigenvalue weighted by molar-refractivity contribution is -0.386. The van der Waals surface area contributed by atoms with Crippen LogP contribution in [-0.4, -0.2) is 36.1 Å². The van der Waals surface area contributed by atoms with Crippen LogP contribution in [0.2, 0.25) is 5.02 Å². The second-order valence-corrected chi connectivity index (χ2v) is 4.93. The van der Waals surface area contributed by atoms with Crippen LogP contribution in [0, 0.1) is 10.1 Å². The number of nitrogens with zero attached hydrogens (tertiary/aromatic N) is 2. The Hall–Kier alpha value is -1.33. The third kappa shape index (κ3) is 3.11. The van der Waals surface area contributed by atoms with Crippen molar-refractivity contribution in [1.29, 1.82) is 0 Å². The molecule has 1 fully saturated rings. The maximum atomic E-state index is 10.9. The average molecular weight is 271 g/mol. The summed E-state index contributed by atoms with van der Waals surface area (Å²) in [6.45, 7) is 1.90. The molecule has 1 aliphatic heterocycles. The van der Waals surface area contributed by atoms with Crippen molar-refractivity contribution < 1.29 is 9.66 Å². The minimum Gasteiger partial charge on any atom is -0.483 e. The quantitative estimate of drug-likeness (QED) is 0.626. The molecule has 6 heteroatoms. The molecule has 0 unspecified atom stereocenters. The molecule has 0 bridgehead atoms. The van der Waals surface area contributed by atoms with E-state index in [4.69, 9.17) is 16.3 Å². The van der Waals surface area contributed by atoms with Crippen LogP contribution in [0.15, 0.2) is 18.2 Å². The van der Waals surface area contributed by atoms with E-state index in [1.807, 2.05) is 0 Å². The predicted molar refractivity (Wildman–Crippen MR) is 69.3 cm³/mol. The molecule has 5 nitrogen and oxygen atoms in total. The first-order valence-corrected chi connectivity index (χ1v) is 6.23. The van der Waals surface area contributed by atoms with Gasteiger partial charge in [0, 0.05) is 24.2 Å². The van der Waals surface area contributed by atoms with E-state index in [0.29, 0.717) is 10.8 Å². The van der Waals surface area contributed by atoms with Crippen molar-refractivity contribution in [3.63, 3.8) is 0 Å². The maximum absolute atomic E-state index is 10.9. The number of rotatable bonds is 3. The highest BCUT2D eigenvalue weighted by atomic mass is 35.5. The van der Waals surface area contributed by atoms with Gasteiger partial charge in [-0.15, -0.1) is 0 Å². The monoisotopic (exact) mass is 270 g/mol. The molecular formula is C12H15ClN2O3. The van der Waals surface area contributed by atoms with Crippen molar-refractivity contribution >= 4 is 17.3 Å². The Kier molecular flexibility index (Phi) is 4.04. The molecule has 1 aromatic carbocycles. The smallest absolute Gasteiger partial charge is 0.312 e. The van der Waals surface area contributed by atoms with E-state index in [2.05, 4.69) is 11.9 Å². The molecule has 0 aromatic heterocycles. The molecule has 0 amide bonds. The Morgan fingerprint density at radius 1 is 1.44 bits per heavy atom. The molecular weight excluding hydrogens is 256 g/mol. The third-order valence-electron chi connectivity index (χ3n) is 3.08. The van der Waals surface area contributed by atoms with Gasteiger partial charge in [-0.05, 0) is 32.0 Å². The summed E-state index contributed by atoms with van der Waals surface area (Å²) in [6.07, 6.45) is 1.81. The Bertz CT molecular complexity index is 445. The maximum Gasteiger partial charge on any atom is 0.312 e. The van der Waals surface area contributed by atoms with E-state index in [1.165, 1.54) is 6.07 Å². The van der Waals surface area contributed by atoms with Crippen molar-refractivity contribution in [2.24, 2.45) is 0 Å². The Balaban J connectivity index is 2.11. The van der Waals surface area contributed by atoms with Gasteiger partial charge in [0.25, 0.3) is 0 Å². The van der Waals surface area contributed by atoms with Crippen molar-refractivity contribution in [3.8, 4) is 5.75 Å². The van der Waals surface area contributed by atoms with Gasteiger partial charge in [-0.3, -0.25) is 10.1 Å². The lowest BCUT2D eigenvalue weighted by Gasteiger charge is -2.29. The molecule has 1 aromatic rings. The molecule has 0 atom stereocenters. The number of piperidine rings is 1. The van der Waals surface area contributed by atoms with Crippen LogP contribution < -0.4 is 4.74 Å². The number of benzene rings is 1. The Morgan fingerprint density at radius 2 is 2.11 bits per heavy atom. The fourth-order valence-corrected chi connectivity index (χ4v) is 2.18. The predicted octanol–water partition coefficient (Wildman–Crippen LogP) is 2.72. The molecule has 1 heterocycles. The van der Waals surface area contributed by atoms with E-state index < -0.39 is 4.92 Å². The molecule has 98 valence electrons. The largest absolute Gasteiger partial charge is 0.483 e. The van der Waals surface area contributed by atoms with E-state index in [0.717, 1.165) is 25.9 Å². The first kappa shape index (κ1) is 13.1. The van der Waals surface area contributed by atoms with Gasteiger partial charge in [0.2, 0.25) is 0 Å². The second kappa shape index (κ2) is 5.54. The Labute approximate surface area is 110 Å². The van der Waals surface area contributed by atoms with Gasteiger partial charge in [-0.2, -0.15) is 0 Å². The number of ether oxygens (including phenoxy) is 1. The Morgan fingerprint density at radius 3 is 2.72 bits per heavy atom. The molecule has 0 aliphatic carbocycles. The first-order chi connectivity index (χ1) is 8.56. The highest BCUT2D eigenvalue weighted by Crippen LogP contribution is 2.31. The summed E-state index contributed by atoms with van der Waals surface area (Å²) in [5.41, 5.74) is -0.0681. The number of halogens is 1. The van der Waals surface area contributed by atoms with Gasteiger partial charge in [0.15, 0.2) is 5.75 Å². The summed E-state index contributed by atoms with van der Waals surface area (Å²) in [7, 11) is 2.06.